The Morgan fingerprint density at radius 3 is 1.88 bits per heavy atom. The summed E-state index contributed by atoms with van der Waals surface area (Å²) in [6, 6.07) is 25.1. The lowest BCUT2D eigenvalue weighted by Crippen LogP contribution is -2.03. The third kappa shape index (κ3) is 4.03. The van der Waals surface area contributed by atoms with E-state index in [2.05, 4.69) is 6.07 Å². The van der Waals surface area contributed by atoms with Gasteiger partial charge in [0, 0.05) is 20.9 Å². The highest BCUT2D eigenvalue weighted by Crippen LogP contribution is 2.44. The molecule has 33 heavy (non-hydrogen) atoms. The highest BCUT2D eigenvalue weighted by atomic mass is 32.1. The number of carbonyl (C=O) groups excluding carboxylic acids is 1. The number of aryl methyl sites for hydroxylation is 2. The van der Waals surface area contributed by atoms with E-state index in [0.717, 1.165) is 32.0 Å². The van der Waals surface area contributed by atoms with Crippen molar-refractivity contribution in [3.63, 3.8) is 0 Å². The minimum absolute atomic E-state index is 0.0186. The summed E-state index contributed by atoms with van der Waals surface area (Å²) in [7, 11) is 0. The molecule has 1 saturated heterocycles. The number of thiophene rings is 1. The second-order valence-electron chi connectivity index (χ2n) is 7.63. The fraction of sp³-hybridized carbons (Fsp3) is 0.107. The second-order valence-corrected chi connectivity index (χ2v) is 9.09. The van der Waals surface area contributed by atoms with Gasteiger partial charge in [-0.1, -0.05) is 60.7 Å². The van der Waals surface area contributed by atoms with Gasteiger partial charge in [-0.25, -0.2) is 4.79 Å². The molecule has 0 bridgehead atoms. The summed E-state index contributed by atoms with van der Waals surface area (Å²) in [6.45, 7) is 5.95. The molecule has 4 rings (SSSR count). The Morgan fingerprint density at radius 1 is 0.879 bits per heavy atom. The zero-order chi connectivity index (χ0) is 23.5. The molecule has 2 heterocycles. The molecule has 0 atom stereocenters. The third-order valence-corrected chi connectivity index (χ3v) is 6.49. The van der Waals surface area contributed by atoms with Crippen LogP contribution in [0.2, 0.25) is 0 Å². The van der Waals surface area contributed by atoms with Crippen LogP contribution in [0.5, 0.6) is 0 Å². The first-order valence-corrected chi connectivity index (χ1v) is 11.2. The number of carbonyl (C=O) groups is 1. The summed E-state index contributed by atoms with van der Waals surface area (Å²) >= 11 is 1.66. The maximum atomic E-state index is 13.4. The zero-order valence-electron chi connectivity index (χ0n) is 18.5. The lowest BCUT2D eigenvalue weighted by Gasteiger charge is -2.14. The molecule has 4 nitrogen and oxygen atoms in total. The SMILES string of the molecule is C/C(=C1/C(=C(C#N)C#N)OC(=O)C1=C(c1ccccc1)c1ccccc1)c1cc(C)sc1C. The van der Waals surface area contributed by atoms with Crippen LogP contribution >= 0.6 is 11.3 Å². The Hall–Kier alpha value is -4.19. The molecule has 0 spiro atoms. The van der Waals surface area contributed by atoms with Gasteiger partial charge in [0.25, 0.3) is 0 Å². The topological polar surface area (TPSA) is 73.9 Å². The lowest BCUT2D eigenvalue weighted by atomic mass is 9.86. The van der Waals surface area contributed by atoms with Gasteiger partial charge in [0.15, 0.2) is 11.3 Å². The number of ether oxygens (including phenoxy) is 1. The molecule has 5 heteroatoms. The summed E-state index contributed by atoms with van der Waals surface area (Å²) in [5.41, 5.74) is 4.76. The van der Waals surface area contributed by atoms with Crippen LogP contribution < -0.4 is 0 Å². The van der Waals surface area contributed by atoms with E-state index in [1.165, 1.54) is 0 Å². The number of allylic oxidation sites excluding steroid dienone is 3. The molecule has 1 fully saturated rings. The van der Waals surface area contributed by atoms with Gasteiger partial charge in [0.2, 0.25) is 0 Å². The maximum absolute atomic E-state index is 13.4. The molecule has 2 aromatic carbocycles. The smallest absolute Gasteiger partial charge is 0.345 e. The highest BCUT2D eigenvalue weighted by Gasteiger charge is 2.38. The number of benzene rings is 2. The average Bonchev–Trinajstić information content (AvgIpc) is 3.34. The first-order chi connectivity index (χ1) is 16.0. The highest BCUT2D eigenvalue weighted by molar-refractivity contribution is 7.12. The van der Waals surface area contributed by atoms with Crippen molar-refractivity contribution >= 4 is 28.5 Å². The van der Waals surface area contributed by atoms with Crippen LogP contribution in [-0.2, 0) is 9.53 Å². The Morgan fingerprint density at radius 2 is 1.42 bits per heavy atom. The molecule has 1 aromatic heterocycles. The van der Waals surface area contributed by atoms with Crippen LogP contribution in [0.3, 0.4) is 0 Å². The van der Waals surface area contributed by atoms with E-state index in [-0.39, 0.29) is 11.3 Å². The molecular formula is C28H20N2O2S. The summed E-state index contributed by atoms with van der Waals surface area (Å²) in [6.07, 6.45) is 0. The van der Waals surface area contributed by atoms with Crippen molar-refractivity contribution in [1.29, 1.82) is 10.5 Å². The van der Waals surface area contributed by atoms with Gasteiger partial charge in [-0.15, -0.1) is 11.3 Å². The Labute approximate surface area is 197 Å². The molecule has 0 N–H and O–H groups in total. The number of hydrogen-bond donors (Lipinski definition) is 0. The average molecular weight is 449 g/mol. The first kappa shape index (κ1) is 22.0. The summed E-state index contributed by atoms with van der Waals surface area (Å²) in [5.74, 6) is -0.556. The third-order valence-electron chi connectivity index (χ3n) is 5.52. The summed E-state index contributed by atoms with van der Waals surface area (Å²) < 4.78 is 5.63. The van der Waals surface area contributed by atoms with Gasteiger partial charge in [0.05, 0.1) is 5.57 Å². The second kappa shape index (κ2) is 9.12. The van der Waals surface area contributed by atoms with Gasteiger partial charge >= 0.3 is 5.97 Å². The number of rotatable bonds is 3. The van der Waals surface area contributed by atoms with E-state index < -0.39 is 5.97 Å². The van der Waals surface area contributed by atoms with Crippen molar-refractivity contribution in [2.45, 2.75) is 20.8 Å². The van der Waals surface area contributed by atoms with E-state index >= 15 is 0 Å². The molecule has 160 valence electrons. The van der Waals surface area contributed by atoms with Gasteiger partial charge < -0.3 is 4.74 Å². The lowest BCUT2D eigenvalue weighted by molar-refractivity contribution is -0.132. The Kier molecular flexibility index (Phi) is 6.09. The minimum atomic E-state index is -0.574. The number of nitrogens with zero attached hydrogens (tertiary/aromatic N) is 2. The molecule has 1 aliphatic heterocycles. The largest absolute Gasteiger partial charge is 0.420 e. The van der Waals surface area contributed by atoms with Crippen LogP contribution in [0.4, 0.5) is 0 Å². The van der Waals surface area contributed by atoms with Gasteiger partial charge in [0.1, 0.15) is 12.1 Å². The molecular weight excluding hydrogens is 428 g/mol. The van der Waals surface area contributed by atoms with E-state index in [0.29, 0.717) is 16.7 Å². The normalized spacial score (nSPS) is 14.4. The van der Waals surface area contributed by atoms with Crippen LogP contribution in [0.25, 0.3) is 11.1 Å². The van der Waals surface area contributed by atoms with Gasteiger partial charge in [-0.3, -0.25) is 0 Å². The van der Waals surface area contributed by atoms with Crippen LogP contribution in [-0.4, -0.2) is 5.97 Å². The van der Waals surface area contributed by atoms with Crippen molar-refractivity contribution in [1.82, 2.24) is 0 Å². The quantitative estimate of drug-likeness (QED) is 0.260. The predicted octanol–water partition coefficient (Wildman–Crippen LogP) is 6.50. The molecule has 0 aliphatic carbocycles. The molecule has 0 radical (unpaired) electrons. The van der Waals surface area contributed by atoms with Crippen molar-refractivity contribution in [3.8, 4) is 12.1 Å². The maximum Gasteiger partial charge on any atom is 0.345 e. The first-order valence-electron chi connectivity index (χ1n) is 10.4. The van der Waals surface area contributed by atoms with Crippen LogP contribution in [0, 0.1) is 36.5 Å². The Balaban J connectivity index is 2.18. The molecule has 0 saturated carbocycles. The predicted molar refractivity (Wildman–Crippen MR) is 130 cm³/mol. The van der Waals surface area contributed by atoms with Crippen molar-refractivity contribution in [2.24, 2.45) is 0 Å². The number of nitriles is 2. The van der Waals surface area contributed by atoms with Gasteiger partial charge in [-0.2, -0.15) is 10.5 Å². The molecule has 0 amide bonds. The van der Waals surface area contributed by atoms with Crippen molar-refractivity contribution in [2.75, 3.05) is 0 Å². The fourth-order valence-corrected chi connectivity index (χ4v) is 5.08. The van der Waals surface area contributed by atoms with E-state index in [1.807, 2.05) is 93.6 Å². The van der Waals surface area contributed by atoms with E-state index in [4.69, 9.17) is 4.74 Å². The van der Waals surface area contributed by atoms with Crippen molar-refractivity contribution in [3.05, 3.63) is 116 Å². The molecule has 1 aliphatic rings. The number of hydrogen-bond acceptors (Lipinski definition) is 5. The fourth-order valence-electron chi connectivity index (χ4n) is 4.10. The number of cyclic esters (lactones) is 1. The number of esters is 1. The standard InChI is InChI=1S/C28H20N2O2S/c1-17-14-23(19(3)33-17)18(2)24-26(28(31)32-27(24)22(15-29)16-30)25(20-10-6-4-7-11-20)21-12-8-5-9-13-21/h4-14H,1-3H3/b24-18-. The molecule has 0 unspecified atom stereocenters. The van der Waals surface area contributed by atoms with Crippen LogP contribution in [0.15, 0.2) is 89.2 Å². The van der Waals surface area contributed by atoms with Crippen LogP contribution in [0.1, 0.15) is 33.4 Å². The Bertz CT molecular complexity index is 1370. The zero-order valence-corrected chi connectivity index (χ0v) is 19.3. The summed E-state index contributed by atoms with van der Waals surface area (Å²) in [5, 5.41) is 19.2. The summed E-state index contributed by atoms with van der Waals surface area (Å²) in [4.78, 5) is 15.6. The van der Waals surface area contributed by atoms with Crippen molar-refractivity contribution < 1.29 is 9.53 Å². The van der Waals surface area contributed by atoms with Gasteiger partial charge in [-0.05, 0) is 49.1 Å². The van der Waals surface area contributed by atoms with E-state index in [9.17, 15) is 15.3 Å². The monoisotopic (exact) mass is 448 g/mol. The molecule has 3 aromatic rings. The van der Waals surface area contributed by atoms with E-state index in [1.54, 1.807) is 11.3 Å². The minimum Gasteiger partial charge on any atom is -0.420 e.